The number of anilines is 1. The van der Waals surface area contributed by atoms with Gasteiger partial charge < -0.3 is 24.3 Å². The number of carbonyl (C=O) groups is 3. The molecule has 1 aromatic heterocycles. The molecule has 0 spiro atoms. The summed E-state index contributed by atoms with van der Waals surface area (Å²) in [6.45, 7) is 7.13. The molecule has 1 aliphatic heterocycles. The van der Waals surface area contributed by atoms with Gasteiger partial charge >= 0.3 is 17.9 Å². The van der Waals surface area contributed by atoms with E-state index in [2.05, 4.69) is 10.2 Å². The zero-order valence-corrected chi connectivity index (χ0v) is 17.6. The van der Waals surface area contributed by atoms with Crippen molar-refractivity contribution >= 4 is 34.2 Å². The van der Waals surface area contributed by atoms with Gasteiger partial charge in [-0.2, -0.15) is 0 Å². The van der Waals surface area contributed by atoms with Crippen LogP contribution in [0.2, 0.25) is 0 Å². The van der Waals surface area contributed by atoms with Crippen LogP contribution in [-0.4, -0.2) is 69.4 Å². The largest absolute Gasteiger partial charge is 0.465 e. The SMILES string of the molecule is CCOC(=O)C(=CNc1sc(CN2CCOCC2)cc1C(=O)OC)C(=O)OCC. The molecular weight excluding hydrogens is 400 g/mol. The Morgan fingerprint density at radius 1 is 1.17 bits per heavy atom. The van der Waals surface area contributed by atoms with Gasteiger partial charge in [-0.05, 0) is 19.9 Å². The lowest BCUT2D eigenvalue weighted by Crippen LogP contribution is -2.35. The van der Waals surface area contributed by atoms with Crippen LogP contribution in [0.25, 0.3) is 0 Å². The number of hydrogen-bond acceptors (Lipinski definition) is 10. The first-order valence-electron chi connectivity index (χ1n) is 9.32. The van der Waals surface area contributed by atoms with Crippen molar-refractivity contribution in [2.24, 2.45) is 0 Å². The van der Waals surface area contributed by atoms with Crippen molar-refractivity contribution in [3.05, 3.63) is 28.3 Å². The number of methoxy groups -OCH3 is 1. The number of hydrogen-bond donors (Lipinski definition) is 1. The topological polar surface area (TPSA) is 103 Å². The molecule has 0 bridgehead atoms. The van der Waals surface area contributed by atoms with E-state index in [1.54, 1.807) is 19.9 Å². The van der Waals surface area contributed by atoms with Gasteiger partial charge in [0.1, 0.15) is 5.00 Å². The third kappa shape index (κ3) is 6.55. The highest BCUT2D eigenvalue weighted by Crippen LogP contribution is 2.30. The highest BCUT2D eigenvalue weighted by Gasteiger charge is 2.23. The number of rotatable bonds is 9. The predicted octanol–water partition coefficient (Wildman–Crippen LogP) is 1.79. The van der Waals surface area contributed by atoms with E-state index in [1.165, 1.54) is 24.6 Å². The van der Waals surface area contributed by atoms with Crippen LogP contribution in [-0.2, 0) is 35.1 Å². The van der Waals surface area contributed by atoms with Gasteiger partial charge in [0.15, 0.2) is 5.57 Å². The fourth-order valence-corrected chi connectivity index (χ4v) is 3.68. The van der Waals surface area contributed by atoms with E-state index in [9.17, 15) is 14.4 Å². The van der Waals surface area contributed by atoms with Crippen LogP contribution in [0.1, 0.15) is 29.1 Å². The lowest BCUT2D eigenvalue weighted by atomic mass is 10.2. The Labute approximate surface area is 173 Å². The molecule has 10 heteroatoms. The van der Waals surface area contributed by atoms with E-state index >= 15 is 0 Å². The Balaban J connectivity index is 2.24. The molecule has 1 saturated heterocycles. The normalized spacial score (nSPS) is 14.0. The van der Waals surface area contributed by atoms with E-state index in [0.29, 0.717) is 30.3 Å². The second-order valence-electron chi connectivity index (χ2n) is 5.98. The third-order valence-corrected chi connectivity index (χ3v) is 5.06. The summed E-state index contributed by atoms with van der Waals surface area (Å²) in [6, 6.07) is 1.75. The van der Waals surface area contributed by atoms with Gasteiger partial charge in [0.2, 0.25) is 0 Å². The summed E-state index contributed by atoms with van der Waals surface area (Å²) in [4.78, 5) is 39.5. The van der Waals surface area contributed by atoms with E-state index in [0.717, 1.165) is 18.0 Å². The van der Waals surface area contributed by atoms with Gasteiger partial charge in [-0.25, -0.2) is 14.4 Å². The Bertz CT molecular complexity index is 734. The molecule has 2 rings (SSSR count). The van der Waals surface area contributed by atoms with Crippen molar-refractivity contribution in [2.45, 2.75) is 20.4 Å². The molecule has 2 heterocycles. The molecule has 1 aromatic rings. The zero-order chi connectivity index (χ0) is 21.2. The quantitative estimate of drug-likeness (QED) is 0.208. The Hall–Kier alpha value is -2.43. The summed E-state index contributed by atoms with van der Waals surface area (Å²) in [5.41, 5.74) is 0.0386. The maximum absolute atomic E-state index is 12.2. The fourth-order valence-electron chi connectivity index (χ4n) is 2.63. The molecule has 0 amide bonds. The first kappa shape index (κ1) is 22.9. The molecule has 1 fully saturated rings. The van der Waals surface area contributed by atoms with Crippen LogP contribution >= 0.6 is 11.3 Å². The van der Waals surface area contributed by atoms with Crippen LogP contribution in [0, 0.1) is 0 Å². The average molecular weight is 426 g/mol. The number of carbonyl (C=O) groups excluding carboxylic acids is 3. The van der Waals surface area contributed by atoms with E-state index < -0.39 is 17.9 Å². The molecule has 0 aliphatic carbocycles. The van der Waals surface area contributed by atoms with Gasteiger partial charge in [-0.3, -0.25) is 4.90 Å². The maximum atomic E-state index is 12.2. The Kier molecular flexibility index (Phi) is 9.10. The molecule has 1 N–H and O–H groups in total. The zero-order valence-electron chi connectivity index (χ0n) is 16.8. The molecular formula is C19H26N2O7S. The summed E-state index contributed by atoms with van der Waals surface area (Å²) in [5, 5.41) is 3.34. The predicted molar refractivity (Wildman–Crippen MR) is 107 cm³/mol. The van der Waals surface area contributed by atoms with Crippen LogP contribution in [0.3, 0.4) is 0 Å². The highest BCUT2D eigenvalue weighted by molar-refractivity contribution is 7.16. The van der Waals surface area contributed by atoms with E-state index in [1.807, 2.05) is 0 Å². The molecule has 0 unspecified atom stereocenters. The standard InChI is InChI=1S/C19H26N2O7S/c1-4-27-18(23)15(19(24)28-5-2)11-20-16-14(17(22)25-3)10-13(29-16)12-21-6-8-26-9-7-21/h10-11,20H,4-9,12H2,1-3H3. The van der Waals surface area contributed by atoms with Gasteiger partial charge in [-0.15, -0.1) is 11.3 Å². The molecule has 9 nitrogen and oxygen atoms in total. The Morgan fingerprint density at radius 3 is 2.34 bits per heavy atom. The number of morpholine rings is 1. The molecule has 0 atom stereocenters. The van der Waals surface area contributed by atoms with Crippen molar-refractivity contribution in [1.29, 1.82) is 0 Å². The van der Waals surface area contributed by atoms with Crippen LogP contribution in [0.15, 0.2) is 17.8 Å². The number of ether oxygens (including phenoxy) is 4. The number of nitrogens with one attached hydrogen (secondary N) is 1. The first-order valence-corrected chi connectivity index (χ1v) is 10.1. The monoisotopic (exact) mass is 426 g/mol. The summed E-state index contributed by atoms with van der Waals surface area (Å²) in [6.07, 6.45) is 1.20. The van der Waals surface area contributed by atoms with Crippen molar-refractivity contribution in [3.63, 3.8) is 0 Å². The minimum absolute atomic E-state index is 0.117. The minimum Gasteiger partial charge on any atom is -0.465 e. The van der Waals surface area contributed by atoms with Crippen LogP contribution in [0.4, 0.5) is 5.00 Å². The van der Waals surface area contributed by atoms with Crippen molar-refractivity contribution < 1.29 is 33.3 Å². The smallest absolute Gasteiger partial charge is 0.347 e. The van der Waals surface area contributed by atoms with E-state index in [-0.39, 0.29) is 18.8 Å². The molecule has 0 saturated carbocycles. The molecule has 1 aliphatic rings. The van der Waals surface area contributed by atoms with E-state index in [4.69, 9.17) is 18.9 Å². The van der Waals surface area contributed by atoms with Gasteiger partial charge in [0, 0.05) is 30.7 Å². The summed E-state index contributed by atoms with van der Waals surface area (Å²) in [7, 11) is 1.30. The average Bonchev–Trinajstić information content (AvgIpc) is 3.11. The van der Waals surface area contributed by atoms with Gasteiger partial charge in [-0.1, -0.05) is 0 Å². The second-order valence-corrected chi connectivity index (χ2v) is 7.12. The fraction of sp³-hybridized carbons (Fsp3) is 0.526. The van der Waals surface area contributed by atoms with Gasteiger partial charge in [0.25, 0.3) is 0 Å². The number of thiophene rings is 1. The van der Waals surface area contributed by atoms with Gasteiger partial charge in [0.05, 0.1) is 39.1 Å². The summed E-state index contributed by atoms with van der Waals surface area (Å²) >= 11 is 1.35. The lowest BCUT2D eigenvalue weighted by molar-refractivity contribution is -0.146. The van der Waals surface area contributed by atoms with Crippen molar-refractivity contribution in [3.8, 4) is 0 Å². The maximum Gasteiger partial charge on any atom is 0.347 e. The minimum atomic E-state index is -0.803. The van der Waals surface area contributed by atoms with Crippen molar-refractivity contribution in [2.75, 3.05) is 51.9 Å². The van der Waals surface area contributed by atoms with Crippen LogP contribution in [0.5, 0.6) is 0 Å². The molecule has 0 radical (unpaired) electrons. The summed E-state index contributed by atoms with van der Waals surface area (Å²) < 4.78 is 20.0. The molecule has 29 heavy (non-hydrogen) atoms. The lowest BCUT2D eigenvalue weighted by Gasteiger charge is -2.25. The first-order chi connectivity index (χ1) is 14.0. The summed E-state index contributed by atoms with van der Waals surface area (Å²) in [5.74, 6) is -2.12. The second kappa shape index (κ2) is 11.5. The third-order valence-electron chi connectivity index (χ3n) is 4.01. The number of nitrogens with zero attached hydrogens (tertiary/aromatic N) is 1. The molecule has 0 aromatic carbocycles. The number of esters is 3. The Morgan fingerprint density at radius 2 is 1.79 bits per heavy atom. The highest BCUT2D eigenvalue weighted by atomic mass is 32.1. The molecule has 160 valence electrons. The van der Waals surface area contributed by atoms with Crippen LogP contribution < -0.4 is 5.32 Å². The van der Waals surface area contributed by atoms with Crippen molar-refractivity contribution in [1.82, 2.24) is 4.90 Å².